The van der Waals surface area contributed by atoms with Gasteiger partial charge in [-0.3, -0.25) is 4.79 Å². The van der Waals surface area contributed by atoms with Crippen LogP contribution in [0.1, 0.15) is 49.7 Å². The lowest BCUT2D eigenvalue weighted by molar-refractivity contribution is -0.123. The smallest absolute Gasteiger partial charge is 0.136 e. The highest BCUT2D eigenvalue weighted by Gasteiger charge is 2.20. The molecule has 0 radical (unpaired) electrons. The van der Waals surface area contributed by atoms with E-state index in [4.69, 9.17) is 5.26 Å². The highest BCUT2D eigenvalue weighted by Crippen LogP contribution is 2.23. The van der Waals surface area contributed by atoms with Crippen molar-refractivity contribution in [1.29, 1.82) is 5.26 Å². The van der Waals surface area contributed by atoms with E-state index in [-0.39, 0.29) is 5.92 Å². The topological polar surface area (TPSA) is 40.9 Å². The van der Waals surface area contributed by atoms with Gasteiger partial charge in [0.05, 0.1) is 11.6 Å². The minimum Gasteiger partial charge on any atom is -0.299 e. The minimum atomic E-state index is 0.166. The van der Waals surface area contributed by atoms with E-state index in [0.717, 1.165) is 37.7 Å². The molecule has 1 unspecified atom stereocenters. The summed E-state index contributed by atoms with van der Waals surface area (Å²) in [5, 5.41) is 8.89. The van der Waals surface area contributed by atoms with Gasteiger partial charge >= 0.3 is 0 Å². The van der Waals surface area contributed by atoms with Crippen LogP contribution in [0.4, 0.5) is 0 Å². The van der Waals surface area contributed by atoms with Gasteiger partial charge in [0, 0.05) is 12.3 Å². The van der Waals surface area contributed by atoms with Crippen LogP contribution in [0.5, 0.6) is 0 Å². The molecule has 94 valence electrons. The molecule has 0 aromatic heterocycles. The van der Waals surface area contributed by atoms with Gasteiger partial charge in [-0.1, -0.05) is 31.4 Å². The molecule has 2 nitrogen and oxygen atoms in total. The van der Waals surface area contributed by atoms with Gasteiger partial charge in [0.2, 0.25) is 0 Å². The first kappa shape index (κ1) is 12.8. The van der Waals surface area contributed by atoms with Crippen LogP contribution in [0, 0.1) is 17.2 Å². The average Bonchev–Trinajstić information content (AvgIpc) is 2.39. The Morgan fingerprint density at radius 1 is 1.22 bits per heavy atom. The molecular formula is C16H19NO. The molecule has 1 aromatic carbocycles. The van der Waals surface area contributed by atoms with Gasteiger partial charge in [0.25, 0.3) is 0 Å². The summed E-state index contributed by atoms with van der Waals surface area (Å²) in [6.45, 7) is 0. The van der Waals surface area contributed by atoms with E-state index in [9.17, 15) is 4.79 Å². The Hall–Kier alpha value is -1.62. The Morgan fingerprint density at radius 2 is 2.06 bits per heavy atom. The SMILES string of the molecule is N#Cc1cccc(CC2CCCCCCC2=O)c1. The normalized spacial score (nSPS) is 20.8. The first-order valence-corrected chi connectivity index (χ1v) is 6.81. The van der Waals surface area contributed by atoms with E-state index in [1.54, 1.807) is 0 Å². The molecule has 0 heterocycles. The number of nitriles is 1. The number of nitrogens with zero attached hydrogens (tertiary/aromatic N) is 1. The van der Waals surface area contributed by atoms with E-state index in [0.29, 0.717) is 11.3 Å². The van der Waals surface area contributed by atoms with Crippen molar-refractivity contribution in [3.8, 4) is 6.07 Å². The van der Waals surface area contributed by atoms with Crippen LogP contribution in [-0.4, -0.2) is 5.78 Å². The van der Waals surface area contributed by atoms with E-state index in [1.807, 2.05) is 24.3 Å². The molecule has 0 saturated heterocycles. The summed E-state index contributed by atoms with van der Waals surface area (Å²) >= 11 is 0. The maximum atomic E-state index is 12.1. The van der Waals surface area contributed by atoms with Gasteiger partial charge in [0.1, 0.15) is 5.78 Å². The molecule has 0 amide bonds. The molecule has 0 spiro atoms. The minimum absolute atomic E-state index is 0.166. The van der Waals surface area contributed by atoms with Crippen molar-refractivity contribution < 1.29 is 4.79 Å². The zero-order valence-corrected chi connectivity index (χ0v) is 10.7. The monoisotopic (exact) mass is 241 g/mol. The summed E-state index contributed by atoms with van der Waals surface area (Å²) < 4.78 is 0. The maximum absolute atomic E-state index is 12.1. The van der Waals surface area contributed by atoms with Gasteiger partial charge in [-0.05, 0) is 37.0 Å². The Morgan fingerprint density at radius 3 is 2.89 bits per heavy atom. The summed E-state index contributed by atoms with van der Waals surface area (Å²) in [7, 11) is 0. The van der Waals surface area contributed by atoms with Crippen LogP contribution in [0.2, 0.25) is 0 Å². The number of carbonyl (C=O) groups is 1. The lowest BCUT2D eigenvalue weighted by Gasteiger charge is -2.18. The van der Waals surface area contributed by atoms with E-state index in [1.165, 1.54) is 12.8 Å². The van der Waals surface area contributed by atoms with Crippen LogP contribution in [0.3, 0.4) is 0 Å². The molecule has 1 aromatic rings. The summed E-state index contributed by atoms with van der Waals surface area (Å²) in [5.74, 6) is 0.580. The number of Topliss-reactive ketones (excluding diaryl/α,β-unsaturated/α-hetero) is 1. The zero-order chi connectivity index (χ0) is 12.8. The number of hydrogen-bond donors (Lipinski definition) is 0. The highest BCUT2D eigenvalue weighted by atomic mass is 16.1. The summed E-state index contributed by atoms with van der Waals surface area (Å²) in [5.41, 5.74) is 1.80. The lowest BCUT2D eigenvalue weighted by Crippen LogP contribution is -2.18. The molecule has 0 bridgehead atoms. The molecule has 1 aliphatic carbocycles. The molecule has 18 heavy (non-hydrogen) atoms. The molecule has 1 saturated carbocycles. The quantitative estimate of drug-likeness (QED) is 0.793. The van der Waals surface area contributed by atoms with Crippen LogP contribution < -0.4 is 0 Å². The van der Waals surface area contributed by atoms with Crippen molar-refractivity contribution >= 4 is 5.78 Å². The molecule has 0 N–H and O–H groups in total. The fourth-order valence-corrected chi connectivity index (χ4v) is 2.68. The molecule has 2 rings (SSSR count). The van der Waals surface area contributed by atoms with Crippen molar-refractivity contribution in [2.24, 2.45) is 5.92 Å². The number of benzene rings is 1. The van der Waals surface area contributed by atoms with Crippen molar-refractivity contribution in [2.75, 3.05) is 0 Å². The van der Waals surface area contributed by atoms with Crippen molar-refractivity contribution in [3.63, 3.8) is 0 Å². The Labute approximate surface area is 109 Å². The zero-order valence-electron chi connectivity index (χ0n) is 10.7. The fraction of sp³-hybridized carbons (Fsp3) is 0.500. The van der Waals surface area contributed by atoms with Crippen molar-refractivity contribution in [1.82, 2.24) is 0 Å². The predicted octanol–water partition coefficient (Wildman–Crippen LogP) is 3.64. The number of ketones is 1. The average molecular weight is 241 g/mol. The first-order chi connectivity index (χ1) is 8.79. The molecule has 2 heteroatoms. The summed E-state index contributed by atoms with van der Waals surface area (Å²) in [6, 6.07) is 9.80. The molecule has 1 atom stereocenters. The Kier molecular flexibility index (Phi) is 4.52. The molecule has 1 fully saturated rings. The van der Waals surface area contributed by atoms with Crippen LogP contribution in [0.25, 0.3) is 0 Å². The van der Waals surface area contributed by atoms with Gasteiger partial charge < -0.3 is 0 Å². The number of rotatable bonds is 2. The summed E-state index contributed by atoms with van der Waals surface area (Å²) in [4.78, 5) is 12.1. The second-order valence-electron chi connectivity index (χ2n) is 5.13. The van der Waals surface area contributed by atoms with Gasteiger partial charge in [0.15, 0.2) is 0 Å². The number of carbonyl (C=O) groups excluding carboxylic acids is 1. The fourth-order valence-electron chi connectivity index (χ4n) is 2.68. The Balaban J connectivity index is 2.05. The molecular weight excluding hydrogens is 222 g/mol. The van der Waals surface area contributed by atoms with Gasteiger partial charge in [-0.15, -0.1) is 0 Å². The molecule has 0 aliphatic heterocycles. The molecule has 1 aliphatic rings. The predicted molar refractivity (Wildman–Crippen MR) is 71.1 cm³/mol. The first-order valence-electron chi connectivity index (χ1n) is 6.81. The van der Waals surface area contributed by atoms with Gasteiger partial charge in [-0.25, -0.2) is 0 Å². The highest BCUT2D eigenvalue weighted by molar-refractivity contribution is 5.81. The Bertz CT molecular complexity index is 458. The standard InChI is InChI=1S/C16H19NO/c17-12-14-7-5-6-13(10-14)11-15-8-3-1-2-4-9-16(15)18/h5-7,10,15H,1-4,8-9,11H2. The third-order valence-electron chi connectivity index (χ3n) is 3.72. The van der Waals surface area contributed by atoms with Crippen LogP contribution >= 0.6 is 0 Å². The van der Waals surface area contributed by atoms with E-state index in [2.05, 4.69) is 6.07 Å². The van der Waals surface area contributed by atoms with Crippen molar-refractivity contribution in [3.05, 3.63) is 35.4 Å². The van der Waals surface area contributed by atoms with E-state index < -0.39 is 0 Å². The third kappa shape index (κ3) is 3.43. The largest absolute Gasteiger partial charge is 0.299 e. The van der Waals surface area contributed by atoms with Crippen LogP contribution in [0.15, 0.2) is 24.3 Å². The lowest BCUT2D eigenvalue weighted by atomic mass is 9.85. The van der Waals surface area contributed by atoms with Crippen molar-refractivity contribution in [2.45, 2.75) is 44.9 Å². The maximum Gasteiger partial charge on any atom is 0.136 e. The second kappa shape index (κ2) is 6.35. The van der Waals surface area contributed by atoms with Crippen LogP contribution in [-0.2, 0) is 11.2 Å². The second-order valence-corrected chi connectivity index (χ2v) is 5.13. The number of hydrogen-bond acceptors (Lipinski definition) is 2. The third-order valence-corrected chi connectivity index (χ3v) is 3.72. The van der Waals surface area contributed by atoms with Gasteiger partial charge in [-0.2, -0.15) is 5.26 Å². The summed E-state index contributed by atoms with van der Waals surface area (Å²) in [6.07, 6.45) is 7.21. The van der Waals surface area contributed by atoms with E-state index >= 15 is 0 Å².